The molecule has 0 aromatic carbocycles. The quantitative estimate of drug-likeness (QED) is 0.899. The number of piperidine rings is 1. The van der Waals surface area contributed by atoms with Gasteiger partial charge in [0.15, 0.2) is 0 Å². The summed E-state index contributed by atoms with van der Waals surface area (Å²) in [5.74, 6) is 0.672. The molecule has 2 rings (SSSR count). The van der Waals surface area contributed by atoms with Crippen LogP contribution in [-0.4, -0.2) is 35.1 Å². The zero-order chi connectivity index (χ0) is 12.5. The predicted octanol–water partition coefficient (Wildman–Crippen LogP) is 2.37. The van der Waals surface area contributed by atoms with Crippen LogP contribution in [-0.2, 0) is 0 Å². The minimum absolute atomic E-state index is 0.0788. The summed E-state index contributed by atoms with van der Waals surface area (Å²) < 4.78 is 0. The van der Waals surface area contributed by atoms with Gasteiger partial charge >= 0.3 is 0 Å². The minimum atomic E-state index is -0.0788. The molecular weight excluding hydrogens is 230 g/mol. The van der Waals surface area contributed by atoms with Gasteiger partial charge in [0.05, 0.1) is 5.01 Å². The van der Waals surface area contributed by atoms with Gasteiger partial charge in [0.2, 0.25) is 0 Å². The van der Waals surface area contributed by atoms with E-state index in [1.54, 1.807) is 0 Å². The van der Waals surface area contributed by atoms with E-state index in [1.165, 1.54) is 22.7 Å². The third kappa shape index (κ3) is 3.76. The maximum atomic E-state index is 6.06. The second-order valence-corrected chi connectivity index (χ2v) is 7.11. The Balaban J connectivity index is 1.86. The molecule has 0 bridgehead atoms. The maximum Gasteiger partial charge on any atom is 0.0959 e. The van der Waals surface area contributed by atoms with Crippen LogP contribution in [0.5, 0.6) is 0 Å². The Bertz CT molecular complexity index is 359. The van der Waals surface area contributed by atoms with Gasteiger partial charge in [-0.2, -0.15) is 0 Å². The van der Waals surface area contributed by atoms with Crippen LogP contribution in [0.3, 0.4) is 0 Å². The molecule has 4 heteroatoms. The zero-order valence-electron chi connectivity index (χ0n) is 11.1. The van der Waals surface area contributed by atoms with E-state index >= 15 is 0 Å². The van der Waals surface area contributed by atoms with Crippen molar-refractivity contribution in [2.45, 2.75) is 45.1 Å². The predicted molar refractivity (Wildman–Crippen MR) is 73.5 cm³/mol. The molecule has 0 atom stereocenters. The first-order valence-electron chi connectivity index (χ1n) is 6.37. The van der Waals surface area contributed by atoms with Crippen LogP contribution < -0.4 is 5.73 Å². The zero-order valence-corrected chi connectivity index (χ0v) is 11.9. The first-order chi connectivity index (χ1) is 7.94. The summed E-state index contributed by atoms with van der Waals surface area (Å²) in [5, 5.41) is 1.33. The van der Waals surface area contributed by atoms with E-state index in [4.69, 9.17) is 5.73 Å². The molecule has 1 fully saturated rings. The maximum absolute atomic E-state index is 6.06. The molecule has 2 N–H and O–H groups in total. The van der Waals surface area contributed by atoms with Gasteiger partial charge in [0.1, 0.15) is 0 Å². The lowest BCUT2D eigenvalue weighted by Gasteiger charge is -2.35. The van der Waals surface area contributed by atoms with Gasteiger partial charge in [-0.15, -0.1) is 11.3 Å². The van der Waals surface area contributed by atoms with Gasteiger partial charge in [-0.05, 0) is 46.7 Å². The fraction of sp³-hybridized carbons (Fsp3) is 0.769. The van der Waals surface area contributed by atoms with Gasteiger partial charge in [0, 0.05) is 29.1 Å². The van der Waals surface area contributed by atoms with E-state index in [2.05, 4.69) is 30.7 Å². The summed E-state index contributed by atoms with van der Waals surface area (Å²) in [6, 6.07) is 0. The van der Waals surface area contributed by atoms with Crippen LogP contribution in [0.2, 0.25) is 0 Å². The van der Waals surface area contributed by atoms with Gasteiger partial charge < -0.3 is 10.6 Å². The smallest absolute Gasteiger partial charge is 0.0959 e. The molecule has 2 heterocycles. The van der Waals surface area contributed by atoms with E-state index < -0.39 is 0 Å². The van der Waals surface area contributed by atoms with E-state index in [1.807, 2.05) is 17.5 Å². The highest BCUT2D eigenvalue weighted by molar-refractivity contribution is 7.11. The average molecular weight is 253 g/mol. The molecule has 17 heavy (non-hydrogen) atoms. The van der Waals surface area contributed by atoms with Crippen LogP contribution in [0.4, 0.5) is 0 Å². The molecule has 0 radical (unpaired) electrons. The van der Waals surface area contributed by atoms with Crippen LogP contribution in [0, 0.1) is 6.92 Å². The highest BCUT2D eigenvalue weighted by Crippen LogP contribution is 2.30. The molecule has 0 spiro atoms. The van der Waals surface area contributed by atoms with Crippen molar-refractivity contribution < 1.29 is 0 Å². The Labute approximate surface area is 108 Å². The molecule has 96 valence electrons. The van der Waals surface area contributed by atoms with E-state index in [0.29, 0.717) is 5.92 Å². The SMILES string of the molecule is Cc1cnc(C2CCN(CC(C)(C)N)CC2)s1. The van der Waals surface area contributed by atoms with Crippen molar-refractivity contribution in [3.63, 3.8) is 0 Å². The second kappa shape index (κ2) is 5.04. The Morgan fingerprint density at radius 2 is 2.12 bits per heavy atom. The lowest BCUT2D eigenvalue weighted by atomic mass is 9.96. The highest BCUT2D eigenvalue weighted by atomic mass is 32.1. The summed E-state index contributed by atoms with van der Waals surface area (Å²) in [6.45, 7) is 9.64. The highest BCUT2D eigenvalue weighted by Gasteiger charge is 2.25. The molecule has 0 aliphatic carbocycles. The third-order valence-electron chi connectivity index (χ3n) is 3.21. The molecule has 1 saturated heterocycles. The average Bonchev–Trinajstić information content (AvgIpc) is 2.63. The molecular formula is C13H23N3S. The van der Waals surface area contributed by atoms with Crippen LogP contribution >= 0.6 is 11.3 Å². The van der Waals surface area contributed by atoms with Crippen molar-refractivity contribution in [2.75, 3.05) is 19.6 Å². The summed E-state index contributed by atoms with van der Waals surface area (Å²) in [4.78, 5) is 8.32. The minimum Gasteiger partial charge on any atom is -0.324 e. The Morgan fingerprint density at radius 1 is 1.47 bits per heavy atom. The number of aromatic nitrogens is 1. The standard InChI is InChI=1S/C13H23N3S/c1-10-8-15-12(17-10)11-4-6-16(7-5-11)9-13(2,3)14/h8,11H,4-7,9,14H2,1-3H3. The number of nitrogens with zero attached hydrogens (tertiary/aromatic N) is 2. The lowest BCUT2D eigenvalue weighted by molar-refractivity contribution is 0.179. The molecule has 3 nitrogen and oxygen atoms in total. The van der Waals surface area contributed by atoms with E-state index in [9.17, 15) is 0 Å². The summed E-state index contributed by atoms with van der Waals surface area (Å²) in [5.41, 5.74) is 5.98. The number of rotatable bonds is 3. The number of hydrogen-bond acceptors (Lipinski definition) is 4. The molecule has 1 aromatic rings. The largest absolute Gasteiger partial charge is 0.324 e. The number of thiazole rings is 1. The molecule has 1 aliphatic rings. The van der Waals surface area contributed by atoms with Gasteiger partial charge in [-0.25, -0.2) is 4.98 Å². The molecule has 0 unspecified atom stereocenters. The lowest BCUT2D eigenvalue weighted by Crippen LogP contribution is -2.47. The molecule has 0 amide bonds. The Hall–Kier alpha value is -0.450. The monoisotopic (exact) mass is 253 g/mol. The van der Waals surface area contributed by atoms with Gasteiger partial charge in [-0.1, -0.05) is 0 Å². The van der Waals surface area contributed by atoms with Crippen LogP contribution in [0.1, 0.15) is 42.5 Å². The number of likely N-dealkylation sites (tertiary alicyclic amines) is 1. The van der Waals surface area contributed by atoms with Crippen molar-refractivity contribution in [1.29, 1.82) is 0 Å². The Morgan fingerprint density at radius 3 is 2.59 bits per heavy atom. The van der Waals surface area contributed by atoms with Crippen molar-refractivity contribution >= 4 is 11.3 Å². The topological polar surface area (TPSA) is 42.2 Å². The molecule has 0 saturated carbocycles. The first kappa shape index (κ1) is 13.0. The number of nitrogens with two attached hydrogens (primary N) is 1. The van der Waals surface area contributed by atoms with Crippen molar-refractivity contribution in [3.8, 4) is 0 Å². The van der Waals surface area contributed by atoms with E-state index in [-0.39, 0.29) is 5.54 Å². The number of aryl methyl sites for hydroxylation is 1. The summed E-state index contributed by atoms with van der Waals surface area (Å²) in [7, 11) is 0. The second-order valence-electron chi connectivity index (χ2n) is 5.85. The van der Waals surface area contributed by atoms with Gasteiger partial charge in [0.25, 0.3) is 0 Å². The summed E-state index contributed by atoms with van der Waals surface area (Å²) in [6.07, 6.45) is 4.45. The first-order valence-corrected chi connectivity index (χ1v) is 7.19. The summed E-state index contributed by atoms with van der Waals surface area (Å²) >= 11 is 1.85. The Kier molecular flexibility index (Phi) is 3.85. The van der Waals surface area contributed by atoms with E-state index in [0.717, 1.165) is 19.6 Å². The molecule has 1 aliphatic heterocycles. The number of hydrogen-bond donors (Lipinski definition) is 1. The van der Waals surface area contributed by atoms with Crippen molar-refractivity contribution in [3.05, 3.63) is 16.1 Å². The molecule has 1 aromatic heterocycles. The normalized spacial score (nSPS) is 19.8. The fourth-order valence-electron chi connectivity index (χ4n) is 2.48. The van der Waals surface area contributed by atoms with Crippen molar-refractivity contribution in [1.82, 2.24) is 9.88 Å². The fourth-order valence-corrected chi connectivity index (χ4v) is 3.42. The van der Waals surface area contributed by atoms with Crippen LogP contribution in [0.15, 0.2) is 6.20 Å². The third-order valence-corrected chi connectivity index (χ3v) is 4.28. The van der Waals surface area contributed by atoms with Gasteiger partial charge in [-0.3, -0.25) is 0 Å². The van der Waals surface area contributed by atoms with Crippen LogP contribution in [0.25, 0.3) is 0 Å². The van der Waals surface area contributed by atoms with Crippen molar-refractivity contribution in [2.24, 2.45) is 5.73 Å².